The molecule has 1 saturated carbocycles. The standard InChI is InChI=1S/C17H15N3O/c21-17(19-11-5-6-11)8-7-12-9-14-13-3-1-2-4-15(13)20-16(14)10-18-12/h1-4,7-11,20H,5-6H2,(H,19,21)/b8-7+. The number of rotatable bonds is 3. The number of benzene rings is 1. The van der Waals surface area contributed by atoms with Crippen LogP contribution in [0.25, 0.3) is 27.9 Å². The summed E-state index contributed by atoms with van der Waals surface area (Å²) in [6, 6.07) is 10.6. The smallest absolute Gasteiger partial charge is 0.244 e. The first kappa shape index (κ1) is 12.1. The highest BCUT2D eigenvalue weighted by molar-refractivity contribution is 6.07. The predicted octanol–water partition coefficient (Wildman–Crippen LogP) is 3.01. The van der Waals surface area contributed by atoms with Crippen LogP contribution in [-0.4, -0.2) is 21.9 Å². The fraction of sp³-hybridized carbons (Fsp3) is 0.176. The Labute approximate surface area is 121 Å². The average molecular weight is 277 g/mol. The summed E-state index contributed by atoms with van der Waals surface area (Å²) in [5.74, 6) is -0.0432. The van der Waals surface area contributed by atoms with Gasteiger partial charge in [-0.1, -0.05) is 18.2 Å². The first-order chi connectivity index (χ1) is 10.3. The van der Waals surface area contributed by atoms with Gasteiger partial charge < -0.3 is 10.3 Å². The van der Waals surface area contributed by atoms with Crippen LogP contribution >= 0.6 is 0 Å². The maximum atomic E-state index is 11.7. The molecule has 3 aromatic rings. The van der Waals surface area contributed by atoms with Crippen molar-refractivity contribution in [3.63, 3.8) is 0 Å². The lowest BCUT2D eigenvalue weighted by Crippen LogP contribution is -2.22. The van der Waals surface area contributed by atoms with Gasteiger partial charge in [-0.15, -0.1) is 0 Å². The second-order valence-corrected chi connectivity index (χ2v) is 5.44. The molecule has 0 aliphatic heterocycles. The van der Waals surface area contributed by atoms with Gasteiger partial charge in [-0.25, -0.2) is 0 Å². The fourth-order valence-corrected chi connectivity index (χ4v) is 2.50. The van der Waals surface area contributed by atoms with Crippen molar-refractivity contribution >= 4 is 33.8 Å². The molecule has 0 atom stereocenters. The van der Waals surface area contributed by atoms with E-state index in [0.29, 0.717) is 6.04 Å². The van der Waals surface area contributed by atoms with Crippen LogP contribution in [-0.2, 0) is 4.79 Å². The maximum Gasteiger partial charge on any atom is 0.244 e. The summed E-state index contributed by atoms with van der Waals surface area (Å²) in [7, 11) is 0. The first-order valence-corrected chi connectivity index (χ1v) is 7.15. The molecular formula is C17H15N3O. The van der Waals surface area contributed by atoms with Crippen LogP contribution < -0.4 is 5.32 Å². The number of carbonyl (C=O) groups excluding carboxylic acids is 1. The number of aromatic nitrogens is 2. The fourth-order valence-electron chi connectivity index (χ4n) is 2.50. The van der Waals surface area contributed by atoms with Crippen LogP contribution in [0.1, 0.15) is 18.5 Å². The van der Waals surface area contributed by atoms with E-state index >= 15 is 0 Å². The largest absolute Gasteiger partial charge is 0.353 e. The van der Waals surface area contributed by atoms with E-state index in [1.54, 1.807) is 12.2 Å². The summed E-state index contributed by atoms with van der Waals surface area (Å²) in [5.41, 5.74) is 2.90. The normalized spacial score (nSPS) is 15.0. The first-order valence-electron chi connectivity index (χ1n) is 7.15. The summed E-state index contributed by atoms with van der Waals surface area (Å²) in [5, 5.41) is 5.23. The van der Waals surface area contributed by atoms with Crippen molar-refractivity contribution in [3.8, 4) is 0 Å². The number of fused-ring (bicyclic) bond motifs is 3. The molecule has 1 aliphatic rings. The quantitative estimate of drug-likeness (QED) is 0.723. The lowest BCUT2D eigenvalue weighted by atomic mass is 10.1. The van der Waals surface area contributed by atoms with E-state index in [0.717, 1.165) is 35.0 Å². The lowest BCUT2D eigenvalue weighted by molar-refractivity contribution is -0.116. The van der Waals surface area contributed by atoms with E-state index in [9.17, 15) is 4.79 Å². The molecule has 0 bridgehead atoms. The predicted molar refractivity (Wildman–Crippen MR) is 83.8 cm³/mol. The topological polar surface area (TPSA) is 57.8 Å². The van der Waals surface area contributed by atoms with Crippen molar-refractivity contribution in [1.82, 2.24) is 15.3 Å². The molecule has 2 heterocycles. The van der Waals surface area contributed by atoms with Crippen molar-refractivity contribution in [2.24, 2.45) is 0 Å². The monoisotopic (exact) mass is 277 g/mol. The van der Waals surface area contributed by atoms with Crippen LogP contribution in [0, 0.1) is 0 Å². The van der Waals surface area contributed by atoms with Gasteiger partial charge in [0.05, 0.1) is 17.4 Å². The number of carbonyl (C=O) groups is 1. The highest BCUT2D eigenvalue weighted by Crippen LogP contribution is 2.25. The van der Waals surface area contributed by atoms with E-state index in [2.05, 4.69) is 21.4 Å². The average Bonchev–Trinajstić information content (AvgIpc) is 3.23. The van der Waals surface area contributed by atoms with Gasteiger partial charge in [0.15, 0.2) is 0 Å². The van der Waals surface area contributed by atoms with Gasteiger partial charge in [-0.3, -0.25) is 9.78 Å². The Morgan fingerprint density at radius 1 is 1.24 bits per heavy atom. The molecule has 1 aliphatic carbocycles. The van der Waals surface area contributed by atoms with Gasteiger partial charge >= 0.3 is 0 Å². The zero-order valence-corrected chi connectivity index (χ0v) is 11.5. The number of amides is 1. The molecular weight excluding hydrogens is 262 g/mol. The highest BCUT2D eigenvalue weighted by Gasteiger charge is 2.22. The van der Waals surface area contributed by atoms with Crippen LogP contribution in [0.3, 0.4) is 0 Å². The molecule has 0 spiro atoms. The Morgan fingerprint density at radius 2 is 2.10 bits per heavy atom. The van der Waals surface area contributed by atoms with E-state index < -0.39 is 0 Å². The van der Waals surface area contributed by atoms with Gasteiger partial charge in [0.2, 0.25) is 5.91 Å². The van der Waals surface area contributed by atoms with Crippen LogP contribution in [0.15, 0.2) is 42.6 Å². The summed E-state index contributed by atoms with van der Waals surface area (Å²) in [4.78, 5) is 19.4. The van der Waals surface area contributed by atoms with E-state index in [-0.39, 0.29) is 5.91 Å². The zero-order valence-electron chi connectivity index (χ0n) is 11.5. The molecule has 2 N–H and O–H groups in total. The number of nitrogens with zero attached hydrogens (tertiary/aromatic N) is 1. The summed E-state index contributed by atoms with van der Waals surface area (Å²) in [6.45, 7) is 0. The number of nitrogens with one attached hydrogen (secondary N) is 2. The maximum absolute atomic E-state index is 11.7. The number of hydrogen-bond acceptors (Lipinski definition) is 2. The molecule has 0 unspecified atom stereocenters. The molecule has 4 nitrogen and oxygen atoms in total. The molecule has 21 heavy (non-hydrogen) atoms. The Bertz CT molecular complexity index is 859. The number of hydrogen-bond donors (Lipinski definition) is 2. The van der Waals surface area contributed by atoms with Crippen molar-refractivity contribution in [3.05, 3.63) is 48.3 Å². The van der Waals surface area contributed by atoms with Crippen molar-refractivity contribution in [1.29, 1.82) is 0 Å². The van der Waals surface area contributed by atoms with Crippen LogP contribution in [0.2, 0.25) is 0 Å². The molecule has 4 rings (SSSR count). The Hall–Kier alpha value is -2.62. The minimum absolute atomic E-state index is 0.0432. The number of pyridine rings is 1. The number of aromatic amines is 1. The third-order valence-corrected chi connectivity index (χ3v) is 3.74. The molecule has 1 fully saturated rings. The SMILES string of the molecule is O=C(/C=C/c1cc2c(cn1)[nH]c1ccccc12)NC1CC1. The van der Waals surface area contributed by atoms with Crippen LogP contribution in [0.4, 0.5) is 0 Å². The second kappa shape index (κ2) is 4.74. The minimum atomic E-state index is -0.0432. The van der Waals surface area contributed by atoms with E-state index in [1.807, 2.05) is 30.5 Å². The molecule has 0 saturated heterocycles. The third kappa shape index (κ3) is 2.40. The highest BCUT2D eigenvalue weighted by atomic mass is 16.1. The Kier molecular flexibility index (Phi) is 2.74. The Morgan fingerprint density at radius 3 is 2.95 bits per heavy atom. The second-order valence-electron chi connectivity index (χ2n) is 5.44. The van der Waals surface area contributed by atoms with Crippen molar-refractivity contribution in [2.75, 3.05) is 0 Å². The van der Waals surface area contributed by atoms with Crippen molar-refractivity contribution < 1.29 is 4.79 Å². The molecule has 1 amide bonds. The van der Waals surface area contributed by atoms with E-state index in [1.165, 1.54) is 5.39 Å². The lowest BCUT2D eigenvalue weighted by Gasteiger charge is -1.97. The molecule has 104 valence electrons. The van der Waals surface area contributed by atoms with Gasteiger partial charge in [-0.2, -0.15) is 0 Å². The molecule has 1 aromatic carbocycles. The van der Waals surface area contributed by atoms with Gasteiger partial charge in [-0.05, 0) is 31.1 Å². The summed E-state index contributed by atoms with van der Waals surface area (Å²) in [6.07, 6.45) is 7.33. The van der Waals surface area contributed by atoms with Gasteiger partial charge in [0.1, 0.15) is 0 Å². The zero-order chi connectivity index (χ0) is 14.2. The molecule has 4 heteroatoms. The summed E-state index contributed by atoms with van der Waals surface area (Å²) < 4.78 is 0. The molecule has 0 radical (unpaired) electrons. The summed E-state index contributed by atoms with van der Waals surface area (Å²) >= 11 is 0. The van der Waals surface area contributed by atoms with E-state index in [4.69, 9.17) is 0 Å². The minimum Gasteiger partial charge on any atom is -0.353 e. The number of para-hydroxylation sites is 1. The molecule has 2 aromatic heterocycles. The third-order valence-electron chi connectivity index (χ3n) is 3.74. The Balaban J connectivity index is 1.67. The van der Waals surface area contributed by atoms with Gasteiger partial charge in [0.25, 0.3) is 0 Å². The van der Waals surface area contributed by atoms with Crippen LogP contribution in [0.5, 0.6) is 0 Å². The van der Waals surface area contributed by atoms with Gasteiger partial charge in [0, 0.05) is 28.4 Å². The number of H-pyrrole nitrogens is 1. The van der Waals surface area contributed by atoms with Crippen molar-refractivity contribution in [2.45, 2.75) is 18.9 Å².